The molecule has 0 saturated carbocycles. The van der Waals surface area contributed by atoms with E-state index in [0.717, 1.165) is 36.0 Å². The van der Waals surface area contributed by atoms with Crippen LogP contribution in [0.1, 0.15) is 6.42 Å². The molecule has 0 amide bonds. The van der Waals surface area contributed by atoms with E-state index in [-0.39, 0.29) is 12.7 Å². The minimum absolute atomic E-state index is 0.120. The first-order valence-electron chi connectivity index (χ1n) is 9.29. The van der Waals surface area contributed by atoms with E-state index in [4.69, 9.17) is 9.47 Å². The van der Waals surface area contributed by atoms with Gasteiger partial charge in [-0.05, 0) is 30.7 Å². The molecule has 2 atom stereocenters. The number of nitrogens with zero attached hydrogens (tertiary/aromatic N) is 1. The molecule has 2 unspecified atom stereocenters. The number of ether oxygens (including phenoxy) is 2. The third-order valence-corrected chi connectivity index (χ3v) is 4.87. The van der Waals surface area contributed by atoms with E-state index in [0.29, 0.717) is 24.6 Å². The van der Waals surface area contributed by atoms with E-state index in [1.54, 1.807) is 0 Å². The molecule has 148 valence electrons. The Bertz CT molecular complexity index is 946. The summed E-state index contributed by atoms with van der Waals surface area (Å²) in [6.45, 7) is 2.02. The van der Waals surface area contributed by atoms with Gasteiger partial charge in [0.2, 0.25) is 0 Å². The second-order valence-corrected chi connectivity index (χ2v) is 7.03. The Hall–Kier alpha value is -2.64. The monoisotopic (exact) mass is 388 g/mol. The smallest absolute Gasteiger partial charge is 0.162 e. The highest BCUT2D eigenvalue weighted by atomic mass is 19.2. The Morgan fingerprint density at radius 3 is 2.93 bits per heavy atom. The summed E-state index contributed by atoms with van der Waals surface area (Å²) in [6.07, 6.45) is 1.84. The molecule has 1 saturated heterocycles. The van der Waals surface area contributed by atoms with Gasteiger partial charge in [0.05, 0.1) is 5.52 Å². The molecule has 2 aromatic carbocycles. The van der Waals surface area contributed by atoms with E-state index in [1.807, 2.05) is 30.5 Å². The Balaban J connectivity index is 1.25. The molecular weight excluding hydrogens is 366 g/mol. The van der Waals surface area contributed by atoms with E-state index >= 15 is 0 Å². The number of aliphatic hydroxyl groups excluding tert-OH is 1. The second kappa shape index (κ2) is 8.16. The fourth-order valence-corrected chi connectivity index (χ4v) is 3.51. The molecule has 5 nitrogen and oxygen atoms in total. The van der Waals surface area contributed by atoms with E-state index in [2.05, 4.69) is 9.88 Å². The summed E-state index contributed by atoms with van der Waals surface area (Å²) < 4.78 is 37.8. The van der Waals surface area contributed by atoms with Gasteiger partial charge in [0, 0.05) is 37.3 Å². The number of β-amino-alcohol motifs (C(OH)–C–C–N with tert-alkyl or cyclic N) is 1. The van der Waals surface area contributed by atoms with Crippen molar-refractivity contribution >= 4 is 10.9 Å². The minimum atomic E-state index is -0.919. The molecule has 2 heterocycles. The van der Waals surface area contributed by atoms with Crippen molar-refractivity contribution in [3.8, 4) is 11.5 Å². The molecule has 0 radical (unpaired) electrons. The molecule has 4 rings (SSSR count). The number of aliphatic hydroxyl groups is 1. The maximum atomic E-state index is 13.3. The quantitative estimate of drug-likeness (QED) is 0.652. The Labute approximate surface area is 161 Å². The van der Waals surface area contributed by atoms with Crippen LogP contribution in [0.4, 0.5) is 8.78 Å². The van der Waals surface area contributed by atoms with Crippen LogP contribution in [0.3, 0.4) is 0 Å². The number of halogens is 2. The molecule has 1 aliphatic rings. The Morgan fingerprint density at radius 2 is 2.07 bits per heavy atom. The molecule has 0 aliphatic carbocycles. The fourth-order valence-electron chi connectivity index (χ4n) is 3.51. The average Bonchev–Trinajstić information content (AvgIpc) is 3.32. The molecule has 0 bridgehead atoms. The molecular formula is C21H22F2N2O3. The number of benzene rings is 2. The number of likely N-dealkylation sites (tertiary alicyclic amines) is 1. The van der Waals surface area contributed by atoms with E-state index in [9.17, 15) is 13.9 Å². The maximum absolute atomic E-state index is 13.3. The third kappa shape index (κ3) is 4.26. The van der Waals surface area contributed by atoms with Crippen molar-refractivity contribution in [2.75, 3.05) is 26.2 Å². The van der Waals surface area contributed by atoms with Crippen LogP contribution in [0.25, 0.3) is 10.9 Å². The van der Waals surface area contributed by atoms with E-state index < -0.39 is 17.7 Å². The molecule has 2 N–H and O–H groups in total. The van der Waals surface area contributed by atoms with Crippen molar-refractivity contribution < 1.29 is 23.4 Å². The largest absolute Gasteiger partial charge is 0.489 e. The van der Waals surface area contributed by atoms with Crippen molar-refractivity contribution in [1.82, 2.24) is 9.88 Å². The lowest BCUT2D eigenvalue weighted by Crippen LogP contribution is -2.35. The number of fused-ring (bicyclic) bond motifs is 1. The van der Waals surface area contributed by atoms with Crippen LogP contribution in [0.2, 0.25) is 0 Å². The Morgan fingerprint density at radius 1 is 1.18 bits per heavy atom. The highest BCUT2D eigenvalue weighted by Crippen LogP contribution is 2.24. The summed E-state index contributed by atoms with van der Waals surface area (Å²) in [7, 11) is 0. The van der Waals surface area contributed by atoms with Gasteiger partial charge >= 0.3 is 0 Å². The number of H-pyrrole nitrogens is 1. The van der Waals surface area contributed by atoms with Gasteiger partial charge in [-0.25, -0.2) is 8.78 Å². The van der Waals surface area contributed by atoms with Crippen molar-refractivity contribution in [2.45, 2.75) is 18.6 Å². The van der Waals surface area contributed by atoms with Gasteiger partial charge in [-0.1, -0.05) is 12.1 Å². The zero-order valence-corrected chi connectivity index (χ0v) is 15.3. The first kappa shape index (κ1) is 18.7. The number of nitrogens with one attached hydrogen (secondary N) is 1. The van der Waals surface area contributed by atoms with Gasteiger partial charge < -0.3 is 19.6 Å². The normalized spacial score (nSPS) is 18.5. The van der Waals surface area contributed by atoms with Crippen LogP contribution in [-0.4, -0.2) is 53.4 Å². The lowest BCUT2D eigenvalue weighted by Gasteiger charge is -2.20. The van der Waals surface area contributed by atoms with Crippen LogP contribution in [0.15, 0.2) is 48.7 Å². The van der Waals surface area contributed by atoms with Crippen LogP contribution in [-0.2, 0) is 0 Å². The van der Waals surface area contributed by atoms with Gasteiger partial charge in [0.25, 0.3) is 0 Å². The second-order valence-electron chi connectivity index (χ2n) is 7.03. The van der Waals surface area contributed by atoms with Gasteiger partial charge in [-0.15, -0.1) is 0 Å². The summed E-state index contributed by atoms with van der Waals surface area (Å²) in [6, 6.07) is 11.3. The van der Waals surface area contributed by atoms with Crippen LogP contribution in [0.5, 0.6) is 11.5 Å². The number of para-hydroxylation sites is 1. The summed E-state index contributed by atoms with van der Waals surface area (Å²) in [4.78, 5) is 5.21. The summed E-state index contributed by atoms with van der Waals surface area (Å²) in [5.74, 6) is -0.785. The third-order valence-electron chi connectivity index (χ3n) is 4.87. The van der Waals surface area contributed by atoms with Crippen molar-refractivity contribution in [1.29, 1.82) is 0 Å². The van der Waals surface area contributed by atoms with Crippen LogP contribution in [0, 0.1) is 11.6 Å². The van der Waals surface area contributed by atoms with Gasteiger partial charge in [0.15, 0.2) is 11.6 Å². The molecule has 3 aromatic rings. The van der Waals surface area contributed by atoms with Crippen molar-refractivity contribution in [2.24, 2.45) is 0 Å². The number of hydrogen-bond acceptors (Lipinski definition) is 4. The zero-order chi connectivity index (χ0) is 19.5. The van der Waals surface area contributed by atoms with Gasteiger partial charge in [-0.2, -0.15) is 0 Å². The molecule has 1 fully saturated rings. The highest BCUT2D eigenvalue weighted by Gasteiger charge is 2.26. The molecule has 28 heavy (non-hydrogen) atoms. The standard InChI is InChI=1S/C21H22F2N2O3/c22-18-5-4-16(10-19(18)23)28-17-7-9-25(12-17)11-15(26)13-27-20-3-1-2-14-6-8-24-21(14)20/h1-6,8,10,15,17,24,26H,7,9,11-13H2. The molecule has 1 aromatic heterocycles. The lowest BCUT2D eigenvalue weighted by atomic mass is 10.2. The summed E-state index contributed by atoms with van der Waals surface area (Å²) in [5, 5.41) is 11.4. The Kier molecular flexibility index (Phi) is 5.45. The lowest BCUT2D eigenvalue weighted by molar-refractivity contribution is 0.0725. The molecule has 7 heteroatoms. The molecule has 1 aliphatic heterocycles. The van der Waals surface area contributed by atoms with E-state index in [1.165, 1.54) is 6.07 Å². The topological polar surface area (TPSA) is 57.7 Å². The first-order chi connectivity index (χ1) is 13.6. The van der Waals surface area contributed by atoms with Crippen LogP contribution < -0.4 is 9.47 Å². The SMILES string of the molecule is OC(COc1cccc2cc[nH]c12)CN1CCC(Oc2ccc(F)c(F)c2)C1. The molecule has 0 spiro atoms. The average molecular weight is 388 g/mol. The number of hydrogen-bond donors (Lipinski definition) is 2. The maximum Gasteiger partial charge on any atom is 0.162 e. The summed E-state index contributed by atoms with van der Waals surface area (Å²) in [5.41, 5.74) is 0.913. The fraction of sp³-hybridized carbons (Fsp3) is 0.333. The highest BCUT2D eigenvalue weighted by molar-refractivity contribution is 5.85. The van der Waals surface area contributed by atoms with Gasteiger partial charge in [-0.3, -0.25) is 4.90 Å². The number of aromatic nitrogens is 1. The zero-order valence-electron chi connectivity index (χ0n) is 15.3. The predicted molar refractivity (Wildman–Crippen MR) is 102 cm³/mol. The van der Waals surface area contributed by atoms with Crippen molar-refractivity contribution in [3.05, 3.63) is 60.3 Å². The number of rotatable bonds is 7. The number of aromatic amines is 1. The first-order valence-corrected chi connectivity index (χ1v) is 9.29. The summed E-state index contributed by atoms with van der Waals surface area (Å²) >= 11 is 0. The van der Waals surface area contributed by atoms with Crippen LogP contribution >= 0.6 is 0 Å². The minimum Gasteiger partial charge on any atom is -0.489 e. The predicted octanol–water partition coefficient (Wildman–Crippen LogP) is 3.34. The van der Waals surface area contributed by atoms with Crippen molar-refractivity contribution in [3.63, 3.8) is 0 Å². The van der Waals surface area contributed by atoms with Gasteiger partial charge in [0.1, 0.15) is 30.3 Å².